The van der Waals surface area contributed by atoms with E-state index in [4.69, 9.17) is 14.2 Å². The van der Waals surface area contributed by atoms with E-state index in [2.05, 4.69) is 79.1 Å². The normalized spacial score (nSPS) is 22.1. The molecule has 3 aliphatic rings. The first-order valence-electron chi connectivity index (χ1n) is 16.9. The summed E-state index contributed by atoms with van der Waals surface area (Å²) >= 11 is 0. The van der Waals surface area contributed by atoms with Crippen molar-refractivity contribution >= 4 is 5.91 Å². The molecule has 12 nitrogen and oxygen atoms in total. The number of methoxy groups -OCH3 is 1. The van der Waals surface area contributed by atoms with Gasteiger partial charge in [0, 0.05) is 20.1 Å². The Morgan fingerprint density at radius 2 is 1.52 bits per heavy atom. The fourth-order valence-corrected chi connectivity index (χ4v) is 7.03. The quantitative estimate of drug-likeness (QED) is 0.156. The van der Waals surface area contributed by atoms with E-state index < -0.39 is 18.2 Å². The highest BCUT2D eigenvalue weighted by Crippen LogP contribution is 2.36. The van der Waals surface area contributed by atoms with Crippen LogP contribution in [0.15, 0.2) is 60.9 Å². The number of aromatic amines is 2. The maximum absolute atomic E-state index is 13.5. The molecule has 2 aromatic heterocycles. The maximum atomic E-state index is 13.5. The fourth-order valence-electron chi connectivity index (χ4n) is 7.03. The summed E-state index contributed by atoms with van der Waals surface area (Å²) in [6, 6.07) is 16.2. The average Bonchev–Trinajstić information content (AvgIpc) is 3.94. The van der Waals surface area contributed by atoms with Crippen LogP contribution < -0.4 is 10.6 Å². The molecule has 0 radical (unpaired) electrons. The third-order valence-corrected chi connectivity index (χ3v) is 9.73. The van der Waals surface area contributed by atoms with Crippen LogP contribution in [0.25, 0.3) is 33.6 Å². The zero-order valence-electron chi connectivity index (χ0n) is 27.7. The summed E-state index contributed by atoms with van der Waals surface area (Å²) in [4.78, 5) is 31.7. The number of H-pyrrole nitrogens is 2. The molecule has 3 fully saturated rings. The first kappa shape index (κ1) is 32.6. The van der Waals surface area contributed by atoms with Crippen LogP contribution in [-0.2, 0) is 19.0 Å². The van der Waals surface area contributed by atoms with Crippen molar-refractivity contribution in [2.24, 2.45) is 5.92 Å². The molecule has 1 amide bonds. The molecule has 5 heterocycles. The number of benzene rings is 2. The van der Waals surface area contributed by atoms with Crippen molar-refractivity contribution in [2.75, 3.05) is 33.4 Å². The van der Waals surface area contributed by atoms with Gasteiger partial charge in [-0.3, -0.25) is 10.1 Å². The van der Waals surface area contributed by atoms with E-state index in [1.54, 1.807) is 0 Å². The van der Waals surface area contributed by atoms with Gasteiger partial charge in [-0.1, -0.05) is 62.4 Å². The Bertz CT molecular complexity index is 1680. The molecule has 254 valence electrons. The van der Waals surface area contributed by atoms with Crippen molar-refractivity contribution in [2.45, 2.75) is 69.9 Å². The van der Waals surface area contributed by atoms with Crippen LogP contribution >= 0.6 is 0 Å². The maximum Gasteiger partial charge on any atom is 0.240 e. The van der Waals surface area contributed by atoms with E-state index >= 15 is 0 Å². The Hall–Kier alpha value is -3.91. The number of nitrogens with zero attached hydrogens (tertiary/aromatic N) is 3. The Morgan fingerprint density at radius 1 is 0.938 bits per heavy atom. The van der Waals surface area contributed by atoms with Crippen LogP contribution in [0.3, 0.4) is 0 Å². The Labute approximate surface area is 280 Å². The standard InChI is InChI=1S/C36H45N7O5/c1-22(2)31(42-35(45)46-3)34(44)43-15-4-6-30(43)33-38-20-29(41-33)26-13-9-24(10-14-26)23-7-11-25(12-8-23)28-19-37-32(40-28)27-18-36(21-39-27)47-16-5-17-48-36/h7-14,19-20,22,27,30-31,35,39,42,45H,4-6,15-18,21H2,1-3H3,(H,37,40)(H,38,41). The van der Waals surface area contributed by atoms with Crippen molar-refractivity contribution < 1.29 is 24.1 Å². The highest BCUT2D eigenvalue weighted by atomic mass is 16.7. The molecule has 7 rings (SSSR count). The van der Waals surface area contributed by atoms with Gasteiger partial charge in [0.1, 0.15) is 11.6 Å². The largest absolute Gasteiger partial charge is 0.356 e. The molecular formula is C36H45N7O5. The van der Waals surface area contributed by atoms with Gasteiger partial charge in [0.15, 0.2) is 5.79 Å². The molecule has 5 N–H and O–H groups in total. The van der Waals surface area contributed by atoms with Crippen LogP contribution in [0, 0.1) is 5.92 Å². The number of carbonyl (C=O) groups is 1. The van der Waals surface area contributed by atoms with E-state index in [-0.39, 0.29) is 23.9 Å². The van der Waals surface area contributed by atoms with Gasteiger partial charge in [-0.2, -0.15) is 0 Å². The van der Waals surface area contributed by atoms with Crippen molar-refractivity contribution in [3.05, 3.63) is 72.6 Å². The van der Waals surface area contributed by atoms with Gasteiger partial charge in [0.05, 0.1) is 61.7 Å². The van der Waals surface area contributed by atoms with E-state index in [0.29, 0.717) is 13.1 Å². The molecule has 0 bridgehead atoms. The molecule has 1 spiro atoms. The zero-order chi connectivity index (χ0) is 33.3. The zero-order valence-corrected chi connectivity index (χ0v) is 27.7. The third kappa shape index (κ3) is 6.69. The number of aromatic nitrogens is 4. The minimum absolute atomic E-state index is 0.0244. The minimum atomic E-state index is -1.20. The first-order chi connectivity index (χ1) is 23.3. The van der Waals surface area contributed by atoms with Crippen molar-refractivity contribution in [3.63, 3.8) is 0 Å². The lowest BCUT2D eigenvalue weighted by Crippen LogP contribution is -2.52. The SMILES string of the molecule is COC(O)NC(C(=O)N1CCCC1c1ncc(-c2ccc(-c3ccc(-c4cnc(C5CC6(CN5)OCCCO6)[nH]4)cc3)cc2)[nH]1)C(C)C. The van der Waals surface area contributed by atoms with E-state index in [1.807, 2.05) is 31.1 Å². The molecule has 4 atom stereocenters. The van der Waals surface area contributed by atoms with E-state index in [0.717, 1.165) is 84.2 Å². The Morgan fingerprint density at radius 3 is 2.12 bits per heavy atom. The Balaban J connectivity index is 0.995. The van der Waals surface area contributed by atoms with Gasteiger partial charge in [-0.05, 0) is 47.4 Å². The number of aliphatic hydroxyl groups is 1. The van der Waals surface area contributed by atoms with Crippen LogP contribution in [0.1, 0.15) is 63.3 Å². The summed E-state index contributed by atoms with van der Waals surface area (Å²) in [7, 11) is 1.40. The van der Waals surface area contributed by atoms with Gasteiger partial charge < -0.3 is 39.5 Å². The number of rotatable bonds is 10. The summed E-state index contributed by atoms with van der Waals surface area (Å²) in [5.41, 5.74) is 6.20. The second-order valence-electron chi connectivity index (χ2n) is 13.3. The van der Waals surface area contributed by atoms with Crippen LogP contribution in [0.5, 0.6) is 0 Å². The number of hydrogen-bond donors (Lipinski definition) is 5. The molecule has 12 heteroatoms. The molecule has 3 saturated heterocycles. The van der Waals surface area contributed by atoms with Crippen molar-refractivity contribution in [3.8, 4) is 33.6 Å². The van der Waals surface area contributed by atoms with E-state index in [9.17, 15) is 9.90 Å². The summed E-state index contributed by atoms with van der Waals surface area (Å²) in [6.07, 6.45) is 5.92. The lowest BCUT2D eigenvalue weighted by atomic mass is 10.0. The number of imidazole rings is 2. The Kier molecular flexibility index (Phi) is 9.45. The number of likely N-dealkylation sites (tertiary alicyclic amines) is 1. The van der Waals surface area contributed by atoms with Crippen LogP contribution in [0.2, 0.25) is 0 Å². The molecule has 4 aromatic rings. The summed E-state index contributed by atoms with van der Waals surface area (Å²) in [5.74, 6) is 1.05. The predicted molar refractivity (Wildman–Crippen MR) is 180 cm³/mol. The number of hydrogen-bond acceptors (Lipinski definition) is 9. The molecule has 48 heavy (non-hydrogen) atoms. The monoisotopic (exact) mass is 655 g/mol. The van der Waals surface area contributed by atoms with Crippen LogP contribution in [0.4, 0.5) is 0 Å². The van der Waals surface area contributed by atoms with Crippen molar-refractivity contribution in [1.29, 1.82) is 0 Å². The smallest absolute Gasteiger partial charge is 0.240 e. The van der Waals surface area contributed by atoms with Crippen molar-refractivity contribution in [1.82, 2.24) is 35.5 Å². The second kappa shape index (κ2) is 13.9. The molecule has 3 aliphatic heterocycles. The highest BCUT2D eigenvalue weighted by molar-refractivity contribution is 5.83. The third-order valence-electron chi connectivity index (χ3n) is 9.73. The summed E-state index contributed by atoms with van der Waals surface area (Å²) in [5, 5.41) is 16.4. The number of nitrogens with one attached hydrogen (secondary N) is 4. The first-order valence-corrected chi connectivity index (χ1v) is 16.9. The number of ether oxygens (including phenoxy) is 3. The van der Waals surface area contributed by atoms with Crippen LogP contribution in [-0.4, -0.2) is 87.5 Å². The molecule has 4 unspecified atom stereocenters. The topological polar surface area (TPSA) is 150 Å². The molecule has 0 saturated carbocycles. The summed E-state index contributed by atoms with van der Waals surface area (Å²) in [6.45, 7) is 6.69. The predicted octanol–water partition coefficient (Wildman–Crippen LogP) is 4.50. The van der Waals surface area contributed by atoms with Gasteiger partial charge >= 0.3 is 0 Å². The van der Waals surface area contributed by atoms with Gasteiger partial charge in [-0.25, -0.2) is 9.97 Å². The number of carbonyl (C=O) groups excluding carboxylic acids is 1. The lowest BCUT2D eigenvalue weighted by Gasteiger charge is -2.32. The number of amides is 1. The average molecular weight is 656 g/mol. The highest BCUT2D eigenvalue weighted by Gasteiger charge is 2.44. The van der Waals surface area contributed by atoms with Gasteiger partial charge in [0.2, 0.25) is 12.3 Å². The molecule has 2 aromatic carbocycles. The van der Waals surface area contributed by atoms with Gasteiger partial charge in [-0.15, -0.1) is 0 Å². The number of aliphatic hydroxyl groups excluding tert-OH is 1. The molecule has 0 aliphatic carbocycles. The summed E-state index contributed by atoms with van der Waals surface area (Å²) < 4.78 is 16.9. The van der Waals surface area contributed by atoms with Gasteiger partial charge in [0.25, 0.3) is 0 Å². The lowest BCUT2D eigenvalue weighted by molar-refractivity contribution is -0.255. The van der Waals surface area contributed by atoms with E-state index in [1.165, 1.54) is 7.11 Å². The fraction of sp³-hybridized carbons (Fsp3) is 0.472. The minimum Gasteiger partial charge on any atom is -0.356 e. The molecular weight excluding hydrogens is 610 g/mol. The second-order valence-corrected chi connectivity index (χ2v) is 13.3.